The molecule has 22 heavy (non-hydrogen) atoms. The van der Waals surface area contributed by atoms with E-state index >= 15 is 0 Å². The van der Waals surface area contributed by atoms with Crippen molar-refractivity contribution < 1.29 is 34.3 Å². The van der Waals surface area contributed by atoms with Gasteiger partial charge in [0.25, 0.3) is 0 Å². The van der Waals surface area contributed by atoms with E-state index in [0.717, 1.165) is 12.8 Å². The van der Waals surface area contributed by atoms with Crippen molar-refractivity contribution in [2.24, 2.45) is 0 Å². The van der Waals surface area contributed by atoms with Gasteiger partial charge in [0.05, 0.1) is 65.1 Å². The summed E-state index contributed by atoms with van der Waals surface area (Å²) in [4.78, 5) is 0. The molecule has 1 atom stereocenters. The molecule has 3 N–H and O–H groups in total. The molecule has 0 aromatic carbocycles. The van der Waals surface area contributed by atoms with Crippen LogP contribution in [0.4, 0.5) is 0 Å². The van der Waals surface area contributed by atoms with Crippen LogP contribution < -0.4 is 0 Å². The molecule has 0 aromatic rings. The lowest BCUT2D eigenvalue weighted by Gasteiger charge is -2.19. The lowest BCUT2D eigenvalue weighted by molar-refractivity contribution is -0.0128. The van der Waals surface area contributed by atoms with E-state index in [1.54, 1.807) is 6.92 Å². The fourth-order valence-electron chi connectivity index (χ4n) is 1.62. The summed E-state index contributed by atoms with van der Waals surface area (Å²) in [6.07, 6.45) is 2.25. The predicted molar refractivity (Wildman–Crippen MR) is 81.9 cm³/mol. The minimum atomic E-state index is -0.980. The van der Waals surface area contributed by atoms with Crippen LogP contribution >= 0.6 is 0 Å². The average Bonchev–Trinajstić information content (AvgIpc) is 2.51. The first-order valence-electron chi connectivity index (χ1n) is 7.87. The number of unbranched alkanes of at least 4 members (excludes halogenated alkanes) is 1. The molecule has 7 nitrogen and oxygen atoms in total. The Kier molecular flexibility index (Phi) is 15.4. The van der Waals surface area contributed by atoms with Gasteiger partial charge >= 0.3 is 0 Å². The van der Waals surface area contributed by atoms with E-state index in [9.17, 15) is 5.11 Å². The number of aliphatic hydroxyl groups is 3. The van der Waals surface area contributed by atoms with Crippen molar-refractivity contribution in [3.8, 4) is 0 Å². The second-order valence-electron chi connectivity index (χ2n) is 5.29. The Morgan fingerprint density at radius 1 is 0.682 bits per heavy atom. The highest BCUT2D eigenvalue weighted by molar-refractivity contribution is 4.70. The zero-order valence-corrected chi connectivity index (χ0v) is 13.7. The van der Waals surface area contributed by atoms with E-state index in [0.29, 0.717) is 59.3 Å². The Hall–Kier alpha value is -0.280. The summed E-state index contributed by atoms with van der Waals surface area (Å²) in [6.45, 7) is 5.49. The predicted octanol–water partition coefficient (Wildman–Crippen LogP) is -0.0413. The molecule has 0 radical (unpaired) electrons. The van der Waals surface area contributed by atoms with Gasteiger partial charge < -0.3 is 34.3 Å². The van der Waals surface area contributed by atoms with Gasteiger partial charge in [0.15, 0.2) is 0 Å². The number of aliphatic hydroxyl groups excluding tert-OH is 2. The van der Waals surface area contributed by atoms with Crippen molar-refractivity contribution in [3.05, 3.63) is 0 Å². The Labute approximate surface area is 133 Å². The van der Waals surface area contributed by atoms with E-state index in [-0.39, 0.29) is 13.2 Å². The minimum absolute atomic E-state index is 0.0316. The normalized spacial score (nSPS) is 14.2. The second kappa shape index (κ2) is 15.6. The number of hydrogen-bond acceptors (Lipinski definition) is 7. The van der Waals surface area contributed by atoms with Crippen molar-refractivity contribution in [1.29, 1.82) is 0 Å². The first-order chi connectivity index (χ1) is 10.6. The van der Waals surface area contributed by atoms with Crippen molar-refractivity contribution in [2.75, 3.05) is 66.1 Å². The van der Waals surface area contributed by atoms with Crippen molar-refractivity contribution >= 4 is 0 Å². The van der Waals surface area contributed by atoms with Gasteiger partial charge in [0.1, 0.15) is 0 Å². The van der Waals surface area contributed by atoms with Crippen LogP contribution in [0.2, 0.25) is 0 Å². The molecule has 0 fully saturated rings. The number of rotatable bonds is 17. The average molecular weight is 324 g/mol. The van der Waals surface area contributed by atoms with Crippen LogP contribution in [0.1, 0.15) is 26.2 Å². The summed E-state index contributed by atoms with van der Waals surface area (Å²) >= 11 is 0. The van der Waals surface area contributed by atoms with Crippen LogP contribution in [0.5, 0.6) is 0 Å². The van der Waals surface area contributed by atoms with Gasteiger partial charge in [0, 0.05) is 6.61 Å². The van der Waals surface area contributed by atoms with E-state index in [1.807, 2.05) is 0 Å². The third-order valence-corrected chi connectivity index (χ3v) is 2.95. The highest BCUT2D eigenvalue weighted by Gasteiger charge is 2.17. The van der Waals surface area contributed by atoms with Crippen LogP contribution in [0.25, 0.3) is 0 Å². The smallest absolute Gasteiger partial charge is 0.0849 e. The van der Waals surface area contributed by atoms with E-state index in [4.69, 9.17) is 29.2 Å². The van der Waals surface area contributed by atoms with Crippen molar-refractivity contribution in [3.63, 3.8) is 0 Å². The zero-order chi connectivity index (χ0) is 16.5. The second-order valence-corrected chi connectivity index (χ2v) is 5.29. The maximum absolute atomic E-state index is 9.59. The summed E-state index contributed by atoms with van der Waals surface area (Å²) in [5.74, 6) is 0. The lowest BCUT2D eigenvalue weighted by atomic mass is 10.0. The monoisotopic (exact) mass is 324 g/mol. The third-order valence-electron chi connectivity index (χ3n) is 2.95. The van der Waals surface area contributed by atoms with E-state index in [2.05, 4.69) is 0 Å². The Balaban J connectivity index is 3.06. The Bertz CT molecular complexity index is 224. The Morgan fingerprint density at radius 3 is 1.59 bits per heavy atom. The maximum atomic E-state index is 9.59. The molecular weight excluding hydrogens is 292 g/mol. The summed E-state index contributed by atoms with van der Waals surface area (Å²) in [6, 6.07) is 0. The van der Waals surface area contributed by atoms with Gasteiger partial charge in [-0.2, -0.15) is 0 Å². The molecule has 0 bridgehead atoms. The summed E-state index contributed by atoms with van der Waals surface area (Å²) in [7, 11) is 0. The van der Waals surface area contributed by atoms with Crippen LogP contribution in [-0.2, 0) is 18.9 Å². The van der Waals surface area contributed by atoms with Crippen molar-refractivity contribution in [1.82, 2.24) is 0 Å². The van der Waals surface area contributed by atoms with Crippen LogP contribution in [0, 0.1) is 0 Å². The third kappa shape index (κ3) is 16.1. The number of ether oxygens (including phenoxy) is 4. The van der Waals surface area contributed by atoms with Gasteiger partial charge in [-0.25, -0.2) is 0 Å². The molecule has 0 aromatic heterocycles. The SMILES string of the molecule is CC(O)(CO)CCCCOCCOCCOCCOCCO. The molecule has 0 rings (SSSR count). The topological polar surface area (TPSA) is 97.6 Å². The molecule has 0 saturated carbocycles. The van der Waals surface area contributed by atoms with Gasteiger partial charge in [-0.3, -0.25) is 0 Å². The zero-order valence-electron chi connectivity index (χ0n) is 13.7. The molecule has 7 heteroatoms. The highest BCUT2D eigenvalue weighted by atomic mass is 16.6. The number of hydrogen-bond donors (Lipinski definition) is 3. The molecule has 0 spiro atoms. The van der Waals surface area contributed by atoms with Crippen LogP contribution in [0.3, 0.4) is 0 Å². The van der Waals surface area contributed by atoms with Crippen LogP contribution in [-0.4, -0.2) is 87.0 Å². The molecule has 1 unspecified atom stereocenters. The summed E-state index contributed by atoms with van der Waals surface area (Å²) in [5, 5.41) is 27.0. The van der Waals surface area contributed by atoms with Gasteiger partial charge in [0.2, 0.25) is 0 Å². The van der Waals surface area contributed by atoms with Crippen LogP contribution in [0.15, 0.2) is 0 Å². The minimum Gasteiger partial charge on any atom is -0.394 e. The quantitative estimate of drug-likeness (QED) is 0.323. The van der Waals surface area contributed by atoms with Crippen molar-refractivity contribution in [2.45, 2.75) is 31.8 Å². The molecule has 0 aliphatic rings. The summed E-state index contributed by atoms with van der Waals surface area (Å²) < 4.78 is 21.0. The first kappa shape index (κ1) is 21.7. The largest absolute Gasteiger partial charge is 0.394 e. The maximum Gasteiger partial charge on any atom is 0.0849 e. The van der Waals surface area contributed by atoms with E-state index in [1.165, 1.54) is 0 Å². The molecule has 0 amide bonds. The van der Waals surface area contributed by atoms with Gasteiger partial charge in [-0.15, -0.1) is 0 Å². The van der Waals surface area contributed by atoms with Gasteiger partial charge in [-0.05, 0) is 26.2 Å². The van der Waals surface area contributed by atoms with E-state index < -0.39 is 5.60 Å². The fraction of sp³-hybridized carbons (Fsp3) is 1.00. The summed E-state index contributed by atoms with van der Waals surface area (Å²) in [5.41, 5.74) is -0.980. The molecule has 0 heterocycles. The molecule has 0 aliphatic carbocycles. The Morgan fingerprint density at radius 2 is 1.14 bits per heavy atom. The highest BCUT2D eigenvalue weighted by Crippen LogP contribution is 2.12. The molecule has 134 valence electrons. The molecular formula is C15H32O7. The lowest BCUT2D eigenvalue weighted by Crippen LogP contribution is -2.28. The first-order valence-corrected chi connectivity index (χ1v) is 7.87. The molecule has 0 aliphatic heterocycles. The fourth-order valence-corrected chi connectivity index (χ4v) is 1.62. The van der Waals surface area contributed by atoms with Gasteiger partial charge in [-0.1, -0.05) is 0 Å². The molecule has 0 saturated heterocycles. The standard InChI is InChI=1S/C15H32O7/c1-15(18,14-17)4-2-3-6-19-8-10-21-12-13-22-11-9-20-7-5-16/h16-18H,2-14H2,1H3.